The molecule has 0 saturated carbocycles. The first kappa shape index (κ1) is 12.4. The highest BCUT2D eigenvalue weighted by atomic mass is 16.5. The molecular formula is C15H17NO2. The van der Waals surface area contributed by atoms with Crippen LogP contribution in [0.3, 0.4) is 0 Å². The molecule has 0 aliphatic rings. The van der Waals surface area contributed by atoms with Crippen LogP contribution in [-0.2, 0) is 0 Å². The van der Waals surface area contributed by atoms with E-state index >= 15 is 0 Å². The minimum Gasteiger partial charge on any atom is -0.496 e. The van der Waals surface area contributed by atoms with Crippen molar-refractivity contribution in [1.29, 1.82) is 0 Å². The summed E-state index contributed by atoms with van der Waals surface area (Å²) in [6.45, 7) is 6.00. The molecule has 2 aromatic rings. The van der Waals surface area contributed by atoms with Crippen LogP contribution in [0.25, 0.3) is 0 Å². The third kappa shape index (κ3) is 2.62. The van der Waals surface area contributed by atoms with Crippen LogP contribution < -0.4 is 9.47 Å². The molecular weight excluding hydrogens is 226 g/mol. The van der Waals surface area contributed by atoms with Crippen molar-refractivity contribution in [2.75, 3.05) is 7.11 Å². The molecule has 0 aliphatic carbocycles. The molecule has 0 N–H and O–H groups in total. The molecule has 0 saturated heterocycles. The Morgan fingerprint density at radius 2 is 1.78 bits per heavy atom. The van der Waals surface area contributed by atoms with Crippen LogP contribution in [-0.4, -0.2) is 12.1 Å². The zero-order valence-electron chi connectivity index (χ0n) is 11.2. The number of methoxy groups -OCH3 is 1. The maximum Gasteiger partial charge on any atom is 0.222 e. The van der Waals surface area contributed by atoms with Gasteiger partial charge in [-0.15, -0.1) is 0 Å². The molecule has 0 atom stereocenters. The Hall–Kier alpha value is -2.03. The average Bonchev–Trinajstić information content (AvgIpc) is 2.35. The molecule has 18 heavy (non-hydrogen) atoms. The number of hydrogen-bond acceptors (Lipinski definition) is 3. The Morgan fingerprint density at radius 3 is 2.44 bits per heavy atom. The van der Waals surface area contributed by atoms with Crippen LogP contribution in [0.15, 0.2) is 30.5 Å². The lowest BCUT2D eigenvalue weighted by molar-refractivity contribution is 0.404. The molecule has 0 amide bonds. The standard InChI is InChI=1S/C15H17NO2/c1-10-7-12(3)15(16-9-10)18-13-6-5-11(2)14(8-13)17-4/h5-9H,1-4H3. The van der Waals surface area contributed by atoms with Crippen LogP contribution in [0.2, 0.25) is 0 Å². The fourth-order valence-electron chi connectivity index (χ4n) is 1.79. The summed E-state index contributed by atoms with van der Waals surface area (Å²) in [6.07, 6.45) is 1.80. The summed E-state index contributed by atoms with van der Waals surface area (Å²) in [5, 5.41) is 0. The normalized spacial score (nSPS) is 10.2. The van der Waals surface area contributed by atoms with Gasteiger partial charge in [0.15, 0.2) is 0 Å². The van der Waals surface area contributed by atoms with Crippen molar-refractivity contribution in [2.45, 2.75) is 20.8 Å². The molecule has 1 aromatic carbocycles. The van der Waals surface area contributed by atoms with Crippen molar-refractivity contribution in [3.05, 3.63) is 47.2 Å². The van der Waals surface area contributed by atoms with Crippen molar-refractivity contribution in [3.63, 3.8) is 0 Å². The molecule has 0 bridgehead atoms. The van der Waals surface area contributed by atoms with Gasteiger partial charge in [0, 0.05) is 17.8 Å². The zero-order valence-corrected chi connectivity index (χ0v) is 11.2. The van der Waals surface area contributed by atoms with Crippen molar-refractivity contribution >= 4 is 0 Å². The minimum atomic E-state index is 0.631. The zero-order chi connectivity index (χ0) is 13.1. The van der Waals surface area contributed by atoms with E-state index < -0.39 is 0 Å². The number of hydrogen-bond donors (Lipinski definition) is 0. The molecule has 94 valence electrons. The van der Waals surface area contributed by atoms with Gasteiger partial charge in [-0.25, -0.2) is 4.98 Å². The van der Waals surface area contributed by atoms with Gasteiger partial charge >= 0.3 is 0 Å². The molecule has 3 heteroatoms. The van der Waals surface area contributed by atoms with Gasteiger partial charge in [0.2, 0.25) is 5.88 Å². The van der Waals surface area contributed by atoms with Crippen molar-refractivity contribution in [1.82, 2.24) is 4.98 Å². The van der Waals surface area contributed by atoms with E-state index in [2.05, 4.69) is 4.98 Å². The smallest absolute Gasteiger partial charge is 0.222 e. The minimum absolute atomic E-state index is 0.631. The average molecular weight is 243 g/mol. The van der Waals surface area contributed by atoms with Crippen LogP contribution in [0.4, 0.5) is 0 Å². The van der Waals surface area contributed by atoms with E-state index in [1.807, 2.05) is 45.0 Å². The van der Waals surface area contributed by atoms with E-state index in [9.17, 15) is 0 Å². The summed E-state index contributed by atoms with van der Waals surface area (Å²) in [5.41, 5.74) is 3.23. The molecule has 3 nitrogen and oxygen atoms in total. The number of ether oxygens (including phenoxy) is 2. The van der Waals surface area contributed by atoms with Gasteiger partial charge in [-0.3, -0.25) is 0 Å². The van der Waals surface area contributed by atoms with Crippen LogP contribution in [0, 0.1) is 20.8 Å². The molecule has 0 radical (unpaired) electrons. The first-order chi connectivity index (χ1) is 8.60. The van der Waals surface area contributed by atoms with E-state index in [0.29, 0.717) is 5.88 Å². The van der Waals surface area contributed by atoms with Crippen LogP contribution in [0.5, 0.6) is 17.4 Å². The number of nitrogens with zero attached hydrogens (tertiary/aromatic N) is 1. The largest absolute Gasteiger partial charge is 0.496 e. The molecule has 0 spiro atoms. The van der Waals surface area contributed by atoms with Gasteiger partial charge in [-0.2, -0.15) is 0 Å². The highest BCUT2D eigenvalue weighted by Crippen LogP contribution is 2.28. The van der Waals surface area contributed by atoms with Crippen LogP contribution >= 0.6 is 0 Å². The summed E-state index contributed by atoms with van der Waals surface area (Å²) in [7, 11) is 1.65. The third-order valence-corrected chi connectivity index (χ3v) is 2.76. The van der Waals surface area contributed by atoms with Gasteiger partial charge in [0.05, 0.1) is 7.11 Å². The maximum atomic E-state index is 5.77. The molecule has 0 fully saturated rings. The van der Waals surface area contributed by atoms with E-state index in [1.54, 1.807) is 13.3 Å². The van der Waals surface area contributed by atoms with Crippen molar-refractivity contribution < 1.29 is 9.47 Å². The second-order valence-corrected chi connectivity index (χ2v) is 4.37. The molecule has 1 heterocycles. The lowest BCUT2D eigenvalue weighted by atomic mass is 10.2. The maximum absolute atomic E-state index is 5.77. The van der Waals surface area contributed by atoms with E-state index in [1.165, 1.54) is 0 Å². The number of aryl methyl sites for hydroxylation is 3. The first-order valence-corrected chi connectivity index (χ1v) is 5.86. The number of rotatable bonds is 3. The van der Waals surface area contributed by atoms with Crippen molar-refractivity contribution in [3.8, 4) is 17.4 Å². The Balaban J connectivity index is 2.28. The first-order valence-electron chi connectivity index (χ1n) is 5.86. The fraction of sp³-hybridized carbons (Fsp3) is 0.267. The second kappa shape index (κ2) is 5.08. The van der Waals surface area contributed by atoms with E-state index in [0.717, 1.165) is 28.2 Å². The molecule has 0 aliphatic heterocycles. The Labute approximate surface area is 107 Å². The molecule has 1 aromatic heterocycles. The predicted octanol–water partition coefficient (Wildman–Crippen LogP) is 3.81. The van der Waals surface area contributed by atoms with Gasteiger partial charge in [0.25, 0.3) is 0 Å². The number of aromatic nitrogens is 1. The monoisotopic (exact) mass is 243 g/mol. The highest BCUT2D eigenvalue weighted by Gasteiger charge is 2.06. The SMILES string of the molecule is COc1cc(Oc2ncc(C)cc2C)ccc1C. The van der Waals surface area contributed by atoms with Gasteiger partial charge in [-0.05, 0) is 44.0 Å². The topological polar surface area (TPSA) is 31.4 Å². The fourth-order valence-corrected chi connectivity index (χ4v) is 1.79. The predicted molar refractivity (Wildman–Crippen MR) is 71.5 cm³/mol. The Kier molecular flexibility index (Phi) is 3.51. The van der Waals surface area contributed by atoms with Gasteiger partial charge in [0.1, 0.15) is 11.5 Å². The summed E-state index contributed by atoms with van der Waals surface area (Å²) < 4.78 is 11.0. The summed E-state index contributed by atoms with van der Waals surface area (Å²) in [6, 6.07) is 7.81. The van der Waals surface area contributed by atoms with Gasteiger partial charge < -0.3 is 9.47 Å². The summed E-state index contributed by atoms with van der Waals surface area (Å²) in [5.74, 6) is 2.18. The van der Waals surface area contributed by atoms with Gasteiger partial charge in [-0.1, -0.05) is 6.07 Å². The van der Waals surface area contributed by atoms with Crippen LogP contribution in [0.1, 0.15) is 16.7 Å². The van der Waals surface area contributed by atoms with E-state index in [-0.39, 0.29) is 0 Å². The summed E-state index contributed by atoms with van der Waals surface area (Å²) in [4.78, 5) is 4.29. The Morgan fingerprint density at radius 1 is 1.00 bits per heavy atom. The molecule has 2 rings (SSSR count). The summed E-state index contributed by atoms with van der Waals surface area (Å²) >= 11 is 0. The third-order valence-electron chi connectivity index (χ3n) is 2.76. The quantitative estimate of drug-likeness (QED) is 0.821. The number of benzene rings is 1. The second-order valence-electron chi connectivity index (χ2n) is 4.37. The van der Waals surface area contributed by atoms with E-state index in [4.69, 9.17) is 9.47 Å². The lowest BCUT2D eigenvalue weighted by Gasteiger charge is -2.10. The lowest BCUT2D eigenvalue weighted by Crippen LogP contribution is -1.93. The Bertz CT molecular complexity index is 564. The van der Waals surface area contributed by atoms with Crippen molar-refractivity contribution in [2.24, 2.45) is 0 Å². The highest BCUT2D eigenvalue weighted by molar-refractivity contribution is 5.42. The molecule has 0 unspecified atom stereocenters. The number of pyridine rings is 1.